The van der Waals surface area contributed by atoms with E-state index in [0.717, 1.165) is 52.8 Å². The van der Waals surface area contributed by atoms with Gasteiger partial charge in [0.15, 0.2) is 11.0 Å². The molecule has 46 heavy (non-hydrogen) atoms. The second-order valence-electron chi connectivity index (χ2n) is 12.0. The van der Waals surface area contributed by atoms with Crippen molar-refractivity contribution in [2.45, 2.75) is 50.8 Å². The largest absolute Gasteiger partial charge is 0.439 e. The van der Waals surface area contributed by atoms with Crippen molar-refractivity contribution in [2.75, 3.05) is 11.4 Å². The zero-order chi connectivity index (χ0) is 32.0. The zero-order valence-corrected chi connectivity index (χ0v) is 26.9. The van der Waals surface area contributed by atoms with Crippen LogP contribution in [0.1, 0.15) is 60.3 Å². The van der Waals surface area contributed by atoms with Crippen LogP contribution < -0.4 is 15.4 Å². The van der Waals surface area contributed by atoms with Crippen LogP contribution in [0.5, 0.6) is 0 Å². The molecule has 1 atom stereocenters. The molecule has 3 heterocycles. The maximum absolute atomic E-state index is 13.4. The molecule has 0 unspecified atom stereocenters. The van der Waals surface area contributed by atoms with Crippen LogP contribution in [0, 0.1) is 12.8 Å². The minimum Gasteiger partial charge on any atom is -0.341 e. The molecule has 0 spiro atoms. The highest BCUT2D eigenvalue weighted by Gasteiger charge is 2.38. The lowest BCUT2D eigenvalue weighted by molar-refractivity contribution is 0.0978. The third-order valence-electron chi connectivity index (χ3n) is 8.41. The number of benzene rings is 2. The van der Waals surface area contributed by atoms with Crippen molar-refractivity contribution in [1.29, 1.82) is 0 Å². The number of carbonyl (C=O) groups is 1. The van der Waals surface area contributed by atoms with Crippen LogP contribution >= 0.6 is 11.3 Å². The van der Waals surface area contributed by atoms with Crippen LogP contribution in [0.3, 0.4) is 0 Å². The number of anilines is 1. The molecule has 11 nitrogen and oxygen atoms in total. The van der Waals surface area contributed by atoms with Gasteiger partial charge in [-0.2, -0.15) is 0 Å². The second-order valence-corrected chi connectivity index (χ2v) is 14.9. The van der Waals surface area contributed by atoms with E-state index < -0.39 is 26.9 Å². The van der Waals surface area contributed by atoms with Gasteiger partial charge in [0, 0.05) is 24.5 Å². The number of nitrogens with one attached hydrogen (secondary N) is 2. The average molecular weight is 657 g/mol. The third-order valence-corrected chi connectivity index (χ3v) is 11.4. The molecule has 236 valence electrons. The van der Waals surface area contributed by atoms with Crippen molar-refractivity contribution in [1.82, 2.24) is 24.8 Å². The van der Waals surface area contributed by atoms with E-state index >= 15 is 0 Å². The molecule has 7 rings (SSSR count). The quantitative estimate of drug-likeness (QED) is 0.182. The van der Waals surface area contributed by atoms with Gasteiger partial charge >= 0.3 is 5.76 Å². The van der Waals surface area contributed by atoms with Gasteiger partial charge in [-0.15, -0.1) is 0 Å². The number of aromatic nitrogens is 4. The molecule has 2 N–H and O–H groups in total. The normalized spacial score (nSPS) is 15.4. The minimum atomic E-state index is -3.75. The van der Waals surface area contributed by atoms with E-state index in [9.17, 15) is 18.0 Å². The Morgan fingerprint density at radius 1 is 1.04 bits per heavy atom. The van der Waals surface area contributed by atoms with Crippen LogP contribution in [-0.2, 0) is 10.0 Å². The van der Waals surface area contributed by atoms with E-state index in [2.05, 4.69) is 43.8 Å². The van der Waals surface area contributed by atoms with Crippen LogP contribution in [0.4, 0.5) is 5.13 Å². The lowest BCUT2D eigenvalue weighted by Gasteiger charge is -2.29. The molecule has 3 aromatic heterocycles. The maximum Gasteiger partial charge on any atom is 0.439 e. The fourth-order valence-corrected chi connectivity index (χ4v) is 7.91. The van der Waals surface area contributed by atoms with Gasteiger partial charge in [0.05, 0.1) is 16.2 Å². The first-order valence-corrected chi connectivity index (χ1v) is 17.5. The van der Waals surface area contributed by atoms with Crippen molar-refractivity contribution in [3.05, 3.63) is 94.4 Å². The molecule has 5 aromatic rings. The summed E-state index contributed by atoms with van der Waals surface area (Å²) in [6.07, 6.45) is 6.64. The number of aromatic amines is 1. The highest BCUT2D eigenvalue weighted by molar-refractivity contribution is 7.91. The number of hydrogen-bond acceptors (Lipinski definition) is 10. The van der Waals surface area contributed by atoms with E-state index in [1.807, 2.05) is 37.3 Å². The van der Waals surface area contributed by atoms with Gasteiger partial charge in [-0.25, -0.2) is 22.9 Å². The summed E-state index contributed by atoms with van der Waals surface area (Å²) >= 11 is 1.38. The Bertz CT molecular complexity index is 2060. The average Bonchev–Trinajstić information content (AvgIpc) is 3.99. The van der Waals surface area contributed by atoms with E-state index in [1.54, 1.807) is 24.5 Å². The van der Waals surface area contributed by atoms with E-state index in [4.69, 9.17) is 9.51 Å². The molecule has 0 radical (unpaired) electrons. The molecular weight excluding hydrogens is 625 g/mol. The lowest BCUT2D eigenvalue weighted by atomic mass is 9.95. The first-order valence-electron chi connectivity index (χ1n) is 15.2. The molecule has 0 saturated heterocycles. The number of amides is 1. The summed E-state index contributed by atoms with van der Waals surface area (Å²) in [4.78, 5) is 39.4. The number of rotatable bonds is 11. The summed E-state index contributed by atoms with van der Waals surface area (Å²) in [5.74, 6) is -0.443. The number of H-pyrrole nitrogens is 1. The first-order chi connectivity index (χ1) is 22.2. The zero-order valence-electron chi connectivity index (χ0n) is 25.3. The van der Waals surface area contributed by atoms with Crippen LogP contribution in [0.25, 0.3) is 33.0 Å². The molecular formula is C33H32N6O5S2. The fourth-order valence-electron chi connectivity index (χ4n) is 5.47. The number of carbonyl (C=O) groups excluding carboxylic acids is 1. The predicted octanol–water partition coefficient (Wildman–Crippen LogP) is 5.72. The predicted molar refractivity (Wildman–Crippen MR) is 176 cm³/mol. The summed E-state index contributed by atoms with van der Waals surface area (Å²) in [6, 6.07) is 17.7. The Hall–Kier alpha value is -4.62. The van der Waals surface area contributed by atoms with Crippen molar-refractivity contribution in [3.8, 4) is 33.0 Å². The van der Waals surface area contributed by atoms with Crippen LogP contribution in [0.15, 0.2) is 76.3 Å². The highest BCUT2D eigenvalue weighted by Crippen LogP contribution is 2.42. The van der Waals surface area contributed by atoms with Gasteiger partial charge in [-0.1, -0.05) is 64.5 Å². The van der Waals surface area contributed by atoms with Gasteiger partial charge in [0.25, 0.3) is 5.91 Å². The standard InChI is InChI=1S/C33H32N6O5S2/c1-19-3-12-26(30-36-33(41)44-37-30)27(17-19)23-8-6-22(7-9-23)20(2)39(18-21-4-5-21)32-35-28(29(45-32)24-13-15-34-16-14-24)31(40)38-46(42,43)25-10-11-25/h3,6-9,12-17,20-21,25H,4-5,10-11,18H2,1-2H3,(H,38,40)(H,36,37,41)/t20-/m1/s1. The van der Waals surface area contributed by atoms with Gasteiger partial charge < -0.3 is 4.90 Å². The van der Waals surface area contributed by atoms with Crippen molar-refractivity contribution in [2.24, 2.45) is 5.92 Å². The van der Waals surface area contributed by atoms with E-state index in [0.29, 0.717) is 34.6 Å². The number of sulfonamides is 1. The monoisotopic (exact) mass is 656 g/mol. The number of aryl methyl sites for hydroxylation is 1. The third kappa shape index (κ3) is 6.24. The summed E-state index contributed by atoms with van der Waals surface area (Å²) in [6.45, 7) is 4.88. The molecule has 2 aliphatic rings. The van der Waals surface area contributed by atoms with E-state index in [-0.39, 0.29) is 11.7 Å². The van der Waals surface area contributed by atoms with Gasteiger partial charge in [0.2, 0.25) is 10.0 Å². The van der Waals surface area contributed by atoms with Crippen LogP contribution in [-0.4, -0.2) is 46.2 Å². The summed E-state index contributed by atoms with van der Waals surface area (Å²) in [7, 11) is -3.75. The first kappa shape index (κ1) is 30.1. The number of hydrogen-bond donors (Lipinski definition) is 2. The van der Waals surface area contributed by atoms with Gasteiger partial charge in [-0.05, 0) is 79.8 Å². The summed E-state index contributed by atoms with van der Waals surface area (Å²) in [5.41, 5.74) is 5.59. The Morgan fingerprint density at radius 2 is 1.78 bits per heavy atom. The van der Waals surface area contributed by atoms with E-state index in [1.165, 1.54) is 11.3 Å². The Balaban J connectivity index is 1.22. The number of pyridine rings is 1. The molecule has 13 heteroatoms. The molecule has 2 aliphatic carbocycles. The Kier molecular flexibility index (Phi) is 7.81. The SMILES string of the molecule is Cc1ccc(-c2noc(=O)[nH]2)c(-c2ccc([C@@H](C)N(CC3CC3)c3nc(C(=O)NS(=O)(=O)C4CC4)c(-c4ccncc4)s3)cc2)c1. The molecule has 0 aliphatic heterocycles. The summed E-state index contributed by atoms with van der Waals surface area (Å²) < 4.78 is 32.3. The lowest BCUT2D eigenvalue weighted by Crippen LogP contribution is -2.34. The molecule has 1 amide bonds. The Morgan fingerprint density at radius 3 is 2.43 bits per heavy atom. The van der Waals surface area contributed by atoms with Gasteiger partial charge in [-0.3, -0.25) is 19.3 Å². The maximum atomic E-state index is 13.4. The topological polar surface area (TPSA) is 151 Å². The van der Waals surface area contributed by atoms with Crippen molar-refractivity contribution in [3.63, 3.8) is 0 Å². The van der Waals surface area contributed by atoms with Crippen LogP contribution in [0.2, 0.25) is 0 Å². The Labute approximate surface area is 269 Å². The minimum absolute atomic E-state index is 0.0941. The van der Waals surface area contributed by atoms with Crippen molar-refractivity contribution < 1.29 is 17.7 Å². The summed E-state index contributed by atoms with van der Waals surface area (Å²) in [5, 5.41) is 4.02. The number of nitrogens with zero attached hydrogens (tertiary/aromatic N) is 4. The van der Waals surface area contributed by atoms with Gasteiger partial charge in [0.1, 0.15) is 5.69 Å². The van der Waals surface area contributed by atoms with Crippen molar-refractivity contribution >= 4 is 32.4 Å². The second kappa shape index (κ2) is 12.0. The smallest absolute Gasteiger partial charge is 0.341 e. The molecule has 2 aromatic carbocycles. The molecule has 2 fully saturated rings. The molecule has 0 bridgehead atoms. The highest BCUT2D eigenvalue weighted by atomic mass is 32.2. The molecule has 2 saturated carbocycles. The number of thiazole rings is 1. The fraction of sp³-hybridized carbons (Fsp3) is 0.303.